The van der Waals surface area contributed by atoms with Gasteiger partial charge in [0.15, 0.2) is 5.65 Å². The standard InChI is InChI=1S/C25H25N5O4/c1-25(2,3)34-24(32)28-17-7-9-18(10-8-17)30-22(31)15-26-20-14-27-21(29-23(20)30)13-16-5-11-19(33-4)12-6-16/h5-12,14-15H,13H2,1-4H3,(H,28,32). The van der Waals surface area contributed by atoms with Crippen molar-refractivity contribution in [3.8, 4) is 11.4 Å². The van der Waals surface area contributed by atoms with Crippen LogP contribution in [-0.4, -0.2) is 38.3 Å². The molecule has 2 aromatic heterocycles. The first-order valence-corrected chi connectivity index (χ1v) is 10.7. The first-order chi connectivity index (χ1) is 16.2. The summed E-state index contributed by atoms with van der Waals surface area (Å²) in [7, 11) is 1.62. The fourth-order valence-electron chi connectivity index (χ4n) is 3.32. The Hall–Kier alpha value is -4.27. The van der Waals surface area contributed by atoms with Gasteiger partial charge < -0.3 is 9.47 Å². The predicted molar refractivity (Wildman–Crippen MR) is 129 cm³/mol. The highest BCUT2D eigenvalue weighted by Gasteiger charge is 2.16. The molecule has 0 unspecified atom stereocenters. The Morgan fingerprint density at radius 1 is 1.00 bits per heavy atom. The van der Waals surface area contributed by atoms with E-state index >= 15 is 0 Å². The summed E-state index contributed by atoms with van der Waals surface area (Å²) < 4.78 is 11.9. The molecule has 2 heterocycles. The number of fused-ring (bicyclic) bond motifs is 1. The topological polar surface area (TPSA) is 108 Å². The molecule has 34 heavy (non-hydrogen) atoms. The monoisotopic (exact) mass is 459 g/mol. The van der Waals surface area contributed by atoms with Crippen molar-refractivity contribution >= 4 is 22.9 Å². The number of anilines is 1. The highest BCUT2D eigenvalue weighted by atomic mass is 16.6. The molecule has 9 nitrogen and oxygen atoms in total. The lowest BCUT2D eigenvalue weighted by atomic mass is 10.1. The van der Waals surface area contributed by atoms with Crippen LogP contribution in [0, 0.1) is 0 Å². The number of nitrogens with zero attached hydrogens (tertiary/aromatic N) is 4. The molecule has 4 aromatic rings. The maximum Gasteiger partial charge on any atom is 0.412 e. The van der Waals surface area contributed by atoms with Crippen LogP contribution >= 0.6 is 0 Å². The van der Waals surface area contributed by atoms with E-state index in [-0.39, 0.29) is 5.56 Å². The number of hydrogen-bond acceptors (Lipinski definition) is 7. The average Bonchev–Trinajstić information content (AvgIpc) is 2.79. The van der Waals surface area contributed by atoms with Crippen molar-refractivity contribution in [3.05, 3.63) is 82.7 Å². The Labute approximate surface area is 196 Å². The molecule has 0 fully saturated rings. The highest BCUT2D eigenvalue weighted by Crippen LogP contribution is 2.18. The molecular weight excluding hydrogens is 434 g/mol. The molecule has 1 amide bonds. The van der Waals surface area contributed by atoms with Gasteiger partial charge in [0.2, 0.25) is 0 Å². The summed E-state index contributed by atoms with van der Waals surface area (Å²) in [5.74, 6) is 1.33. The molecule has 1 N–H and O–H groups in total. The lowest BCUT2D eigenvalue weighted by molar-refractivity contribution is 0.0636. The molecule has 0 aliphatic rings. The van der Waals surface area contributed by atoms with Crippen LogP contribution in [0.5, 0.6) is 5.75 Å². The zero-order chi connectivity index (χ0) is 24.3. The third-order valence-electron chi connectivity index (χ3n) is 4.84. The van der Waals surface area contributed by atoms with Gasteiger partial charge in [-0.2, -0.15) is 0 Å². The van der Waals surface area contributed by atoms with Gasteiger partial charge in [-0.25, -0.2) is 19.7 Å². The van der Waals surface area contributed by atoms with E-state index in [9.17, 15) is 9.59 Å². The first kappa shape index (κ1) is 22.9. The molecule has 4 rings (SSSR count). The molecule has 0 bridgehead atoms. The summed E-state index contributed by atoms with van der Waals surface area (Å²) in [5, 5.41) is 2.68. The Kier molecular flexibility index (Phi) is 6.27. The van der Waals surface area contributed by atoms with Gasteiger partial charge in [0.25, 0.3) is 5.56 Å². The lowest BCUT2D eigenvalue weighted by Crippen LogP contribution is -2.27. The zero-order valence-corrected chi connectivity index (χ0v) is 19.4. The van der Waals surface area contributed by atoms with Gasteiger partial charge in [-0.1, -0.05) is 12.1 Å². The minimum absolute atomic E-state index is 0.325. The van der Waals surface area contributed by atoms with Crippen LogP contribution in [0.3, 0.4) is 0 Å². The van der Waals surface area contributed by atoms with Gasteiger partial charge in [0.05, 0.1) is 25.2 Å². The Morgan fingerprint density at radius 2 is 1.71 bits per heavy atom. The van der Waals surface area contributed by atoms with Crippen molar-refractivity contribution in [1.29, 1.82) is 0 Å². The molecule has 0 aliphatic heterocycles. The van der Waals surface area contributed by atoms with Crippen LogP contribution in [-0.2, 0) is 11.2 Å². The third kappa shape index (κ3) is 5.37. The second kappa shape index (κ2) is 9.30. The number of benzene rings is 2. The van der Waals surface area contributed by atoms with E-state index in [0.717, 1.165) is 11.3 Å². The summed E-state index contributed by atoms with van der Waals surface area (Å²) in [6.45, 7) is 5.38. The normalized spacial score (nSPS) is 11.3. The fraction of sp³-hybridized carbons (Fsp3) is 0.240. The van der Waals surface area contributed by atoms with Crippen molar-refractivity contribution in [2.45, 2.75) is 32.8 Å². The van der Waals surface area contributed by atoms with E-state index in [1.165, 1.54) is 10.8 Å². The minimum Gasteiger partial charge on any atom is -0.497 e. The van der Waals surface area contributed by atoms with Crippen LogP contribution in [0.25, 0.3) is 16.9 Å². The minimum atomic E-state index is -0.601. The van der Waals surface area contributed by atoms with Gasteiger partial charge in [-0.15, -0.1) is 0 Å². The maximum atomic E-state index is 12.7. The molecule has 0 radical (unpaired) electrons. The fourth-order valence-corrected chi connectivity index (χ4v) is 3.32. The van der Waals surface area contributed by atoms with Gasteiger partial charge in [-0.3, -0.25) is 14.7 Å². The number of methoxy groups -OCH3 is 1. The summed E-state index contributed by atoms with van der Waals surface area (Å²) in [4.78, 5) is 38.0. The van der Waals surface area contributed by atoms with E-state index < -0.39 is 11.7 Å². The number of carbonyl (C=O) groups excluding carboxylic acids is 1. The summed E-state index contributed by atoms with van der Waals surface area (Å²) in [6.07, 6.45) is 2.78. The molecule has 2 aromatic carbocycles. The molecule has 9 heteroatoms. The quantitative estimate of drug-likeness (QED) is 0.478. The van der Waals surface area contributed by atoms with Crippen molar-refractivity contribution in [1.82, 2.24) is 19.5 Å². The molecule has 0 saturated carbocycles. The summed E-state index contributed by atoms with van der Waals surface area (Å²) in [6, 6.07) is 14.5. The third-order valence-corrected chi connectivity index (χ3v) is 4.84. The van der Waals surface area contributed by atoms with E-state index in [2.05, 4.69) is 20.3 Å². The lowest BCUT2D eigenvalue weighted by Gasteiger charge is -2.19. The van der Waals surface area contributed by atoms with Crippen LogP contribution in [0.1, 0.15) is 32.2 Å². The van der Waals surface area contributed by atoms with Crippen molar-refractivity contribution < 1.29 is 14.3 Å². The van der Waals surface area contributed by atoms with Crippen LogP contribution in [0.2, 0.25) is 0 Å². The molecule has 0 aliphatic carbocycles. The van der Waals surface area contributed by atoms with E-state index in [0.29, 0.717) is 34.8 Å². The average molecular weight is 460 g/mol. The molecule has 0 saturated heterocycles. The second-order valence-electron chi connectivity index (χ2n) is 8.63. The molecular formula is C25H25N5O4. The Morgan fingerprint density at radius 3 is 2.35 bits per heavy atom. The van der Waals surface area contributed by atoms with Crippen LogP contribution in [0.4, 0.5) is 10.5 Å². The first-order valence-electron chi connectivity index (χ1n) is 10.7. The van der Waals surface area contributed by atoms with Crippen molar-refractivity contribution in [2.24, 2.45) is 0 Å². The van der Waals surface area contributed by atoms with Gasteiger partial charge in [0, 0.05) is 12.1 Å². The maximum absolute atomic E-state index is 12.7. The van der Waals surface area contributed by atoms with E-state index in [4.69, 9.17) is 9.47 Å². The van der Waals surface area contributed by atoms with Gasteiger partial charge >= 0.3 is 6.09 Å². The smallest absolute Gasteiger partial charge is 0.412 e. The van der Waals surface area contributed by atoms with Gasteiger partial charge in [0.1, 0.15) is 22.7 Å². The predicted octanol–water partition coefficient (Wildman–Crippen LogP) is 4.12. The van der Waals surface area contributed by atoms with Gasteiger partial charge in [-0.05, 0) is 62.7 Å². The van der Waals surface area contributed by atoms with Crippen molar-refractivity contribution in [3.63, 3.8) is 0 Å². The number of hydrogen-bond donors (Lipinski definition) is 1. The number of carbonyl (C=O) groups is 1. The highest BCUT2D eigenvalue weighted by molar-refractivity contribution is 5.85. The molecule has 0 spiro atoms. The SMILES string of the molecule is COc1ccc(Cc2ncc3ncc(=O)n(-c4ccc(NC(=O)OC(C)(C)C)cc4)c3n2)cc1. The van der Waals surface area contributed by atoms with Crippen LogP contribution < -0.4 is 15.6 Å². The Bertz CT molecular complexity index is 1370. The van der Waals surface area contributed by atoms with E-state index in [1.807, 2.05) is 24.3 Å². The van der Waals surface area contributed by atoms with Crippen LogP contribution in [0.15, 0.2) is 65.7 Å². The van der Waals surface area contributed by atoms with Crippen molar-refractivity contribution in [2.75, 3.05) is 12.4 Å². The zero-order valence-electron chi connectivity index (χ0n) is 19.4. The molecule has 174 valence electrons. The summed E-state index contributed by atoms with van der Waals surface area (Å²) in [5.41, 5.74) is 2.11. The second-order valence-corrected chi connectivity index (χ2v) is 8.63. The largest absolute Gasteiger partial charge is 0.497 e. The number of aromatic nitrogens is 4. The number of ether oxygens (including phenoxy) is 2. The number of amides is 1. The number of nitrogens with one attached hydrogen (secondary N) is 1. The Balaban J connectivity index is 1.63. The van der Waals surface area contributed by atoms with E-state index in [1.54, 1.807) is 58.3 Å². The number of rotatable bonds is 5. The summed E-state index contributed by atoms with van der Waals surface area (Å²) >= 11 is 0. The molecule has 0 atom stereocenters.